The van der Waals surface area contributed by atoms with Crippen LogP contribution in [0.25, 0.3) is 0 Å². The molecule has 234 valence electrons. The number of thiazole rings is 1. The highest BCUT2D eigenvalue weighted by atomic mass is 32.1. The first-order valence-corrected chi connectivity index (χ1v) is 15.1. The number of hydrogen-bond donors (Lipinski definition) is 7. The van der Waals surface area contributed by atoms with Gasteiger partial charge in [-0.05, 0) is 32.3 Å². The van der Waals surface area contributed by atoms with Crippen molar-refractivity contribution >= 4 is 40.9 Å². The average molecular weight is 617 g/mol. The van der Waals surface area contributed by atoms with E-state index in [-0.39, 0.29) is 18.0 Å². The summed E-state index contributed by atoms with van der Waals surface area (Å²) in [6.07, 6.45) is -2.03. The number of aliphatic hydroxyl groups excluding tert-OH is 2. The van der Waals surface area contributed by atoms with Crippen molar-refractivity contribution in [2.24, 2.45) is 5.92 Å². The molecular weight excluding hydrogens is 576 g/mol. The molecule has 0 fully saturated rings. The Morgan fingerprint density at radius 1 is 0.791 bits per heavy atom. The largest absolute Gasteiger partial charge is 0.391 e. The molecule has 0 saturated carbocycles. The fourth-order valence-electron chi connectivity index (χ4n) is 4.46. The molecule has 5 amide bonds. The predicted molar refractivity (Wildman–Crippen MR) is 159 cm³/mol. The van der Waals surface area contributed by atoms with Gasteiger partial charge in [0.1, 0.15) is 34.9 Å². The highest BCUT2D eigenvalue weighted by Crippen LogP contribution is 2.27. The average Bonchev–Trinajstić information content (AvgIpc) is 3.46. The van der Waals surface area contributed by atoms with Crippen molar-refractivity contribution in [1.82, 2.24) is 31.6 Å². The Morgan fingerprint density at radius 3 is 1.93 bits per heavy atom. The minimum atomic E-state index is -1.48. The van der Waals surface area contributed by atoms with E-state index in [2.05, 4.69) is 31.6 Å². The van der Waals surface area contributed by atoms with Crippen LogP contribution in [0.2, 0.25) is 0 Å². The number of nitrogens with zero attached hydrogens (tertiary/aromatic N) is 1. The Balaban J connectivity index is 2.05. The molecule has 1 aromatic carbocycles. The maximum Gasteiger partial charge on any atom is 0.271 e. The summed E-state index contributed by atoms with van der Waals surface area (Å²) in [4.78, 5) is 70.7. The third kappa shape index (κ3) is 8.81. The number of nitrogens with one attached hydrogen (secondary N) is 5. The topological polar surface area (TPSA) is 199 Å². The van der Waals surface area contributed by atoms with Gasteiger partial charge in [0.15, 0.2) is 0 Å². The quantitative estimate of drug-likeness (QED) is 0.234. The number of carbonyl (C=O) groups is 5. The maximum absolute atomic E-state index is 13.6. The van der Waals surface area contributed by atoms with Crippen LogP contribution in [0.4, 0.5) is 0 Å². The highest BCUT2D eigenvalue weighted by Gasteiger charge is 2.36. The summed E-state index contributed by atoms with van der Waals surface area (Å²) in [6, 6.07) is 2.94. The van der Waals surface area contributed by atoms with Gasteiger partial charge in [-0.3, -0.25) is 24.0 Å². The van der Waals surface area contributed by atoms with Gasteiger partial charge in [-0.2, -0.15) is 0 Å². The summed E-state index contributed by atoms with van der Waals surface area (Å²) in [5, 5.41) is 35.8. The van der Waals surface area contributed by atoms with E-state index in [1.807, 2.05) is 13.8 Å². The van der Waals surface area contributed by atoms with Gasteiger partial charge in [0.25, 0.3) is 5.91 Å². The molecule has 2 heterocycles. The number of hydrogen-bond acceptors (Lipinski definition) is 9. The SMILES string of the molecule is CCC(C)C1NC(=O)C(C(C)O)NC(=O)C(Cc2ccccc2)NC(=O)C(C(C)O)NC(=O)C(C)NC(=O)c2csc1n2. The lowest BCUT2D eigenvalue weighted by Crippen LogP contribution is -2.61. The molecule has 0 aliphatic carbocycles. The minimum absolute atomic E-state index is 0.0108. The molecule has 1 aliphatic heterocycles. The van der Waals surface area contributed by atoms with Gasteiger partial charge < -0.3 is 36.8 Å². The summed E-state index contributed by atoms with van der Waals surface area (Å²) in [6.45, 7) is 7.88. The van der Waals surface area contributed by atoms with Crippen LogP contribution in [0.3, 0.4) is 0 Å². The zero-order valence-electron chi connectivity index (χ0n) is 24.8. The van der Waals surface area contributed by atoms with E-state index < -0.39 is 72.0 Å². The molecule has 1 aromatic heterocycles. The van der Waals surface area contributed by atoms with Crippen LogP contribution in [0.1, 0.15) is 68.1 Å². The molecule has 0 saturated heterocycles. The molecule has 0 radical (unpaired) electrons. The van der Waals surface area contributed by atoms with E-state index >= 15 is 0 Å². The number of carbonyl (C=O) groups excluding carboxylic acids is 5. The Labute approximate surface area is 254 Å². The summed E-state index contributed by atoms with van der Waals surface area (Å²) in [7, 11) is 0. The number of fused-ring (bicyclic) bond motifs is 2. The molecule has 8 unspecified atom stereocenters. The van der Waals surface area contributed by atoms with E-state index in [0.717, 1.165) is 11.3 Å². The first kappa shape index (κ1) is 33.6. The van der Waals surface area contributed by atoms with Crippen LogP contribution < -0.4 is 26.6 Å². The molecule has 43 heavy (non-hydrogen) atoms. The van der Waals surface area contributed by atoms with Crippen molar-refractivity contribution in [2.45, 2.75) is 89.9 Å². The molecule has 8 atom stereocenters. The normalized spacial score (nSPS) is 26.4. The maximum atomic E-state index is 13.6. The van der Waals surface area contributed by atoms with Crippen molar-refractivity contribution in [1.29, 1.82) is 0 Å². The second-order valence-corrected chi connectivity index (χ2v) is 11.7. The Bertz CT molecular complexity index is 1300. The summed E-state index contributed by atoms with van der Waals surface area (Å²) < 4.78 is 0. The van der Waals surface area contributed by atoms with Crippen molar-refractivity contribution < 1.29 is 34.2 Å². The molecule has 3 rings (SSSR count). The molecule has 14 heteroatoms. The summed E-state index contributed by atoms with van der Waals surface area (Å²) in [5.41, 5.74) is 0.714. The Morgan fingerprint density at radius 2 is 1.35 bits per heavy atom. The van der Waals surface area contributed by atoms with E-state index in [4.69, 9.17) is 0 Å². The van der Waals surface area contributed by atoms with Crippen LogP contribution in [0, 0.1) is 5.92 Å². The first-order valence-electron chi connectivity index (χ1n) is 14.2. The number of aliphatic hydroxyl groups is 2. The Kier molecular flexibility index (Phi) is 11.7. The second kappa shape index (κ2) is 15.0. The lowest BCUT2D eigenvalue weighted by atomic mass is 9.98. The molecule has 2 bridgehead atoms. The molecule has 1 aliphatic rings. The van der Waals surface area contributed by atoms with Gasteiger partial charge in [0, 0.05) is 11.8 Å². The summed E-state index contributed by atoms with van der Waals surface area (Å²) >= 11 is 1.15. The van der Waals surface area contributed by atoms with Gasteiger partial charge in [0.05, 0.1) is 18.2 Å². The van der Waals surface area contributed by atoms with Crippen LogP contribution >= 0.6 is 11.3 Å². The fourth-order valence-corrected chi connectivity index (χ4v) is 5.44. The van der Waals surface area contributed by atoms with E-state index in [0.29, 0.717) is 17.0 Å². The van der Waals surface area contributed by atoms with E-state index in [1.54, 1.807) is 30.3 Å². The molecular formula is C29H40N6O7S. The van der Waals surface area contributed by atoms with Crippen LogP contribution in [0.5, 0.6) is 0 Å². The van der Waals surface area contributed by atoms with Gasteiger partial charge in [-0.15, -0.1) is 11.3 Å². The van der Waals surface area contributed by atoms with Gasteiger partial charge in [0.2, 0.25) is 23.6 Å². The molecule has 0 spiro atoms. The third-order valence-electron chi connectivity index (χ3n) is 7.31. The predicted octanol–water partition coefficient (Wildman–Crippen LogP) is -0.0629. The smallest absolute Gasteiger partial charge is 0.271 e. The number of benzene rings is 1. The van der Waals surface area contributed by atoms with Crippen molar-refractivity contribution in [3.63, 3.8) is 0 Å². The van der Waals surface area contributed by atoms with E-state index in [1.165, 1.54) is 26.2 Å². The lowest BCUT2D eigenvalue weighted by Gasteiger charge is -2.29. The summed E-state index contributed by atoms with van der Waals surface area (Å²) in [5.74, 6) is -3.81. The molecule has 7 N–H and O–H groups in total. The lowest BCUT2D eigenvalue weighted by molar-refractivity contribution is -0.136. The van der Waals surface area contributed by atoms with Crippen LogP contribution in [-0.4, -0.2) is 81.1 Å². The number of aromatic nitrogens is 1. The van der Waals surface area contributed by atoms with E-state index in [9.17, 15) is 34.2 Å². The van der Waals surface area contributed by atoms with Crippen molar-refractivity contribution in [3.05, 3.63) is 52.0 Å². The van der Waals surface area contributed by atoms with Gasteiger partial charge in [-0.1, -0.05) is 50.6 Å². The van der Waals surface area contributed by atoms with Gasteiger partial charge >= 0.3 is 0 Å². The fraction of sp³-hybridized carbons (Fsp3) is 0.517. The Hall–Kier alpha value is -3.88. The zero-order valence-corrected chi connectivity index (χ0v) is 25.6. The highest BCUT2D eigenvalue weighted by molar-refractivity contribution is 7.09. The first-order chi connectivity index (χ1) is 20.3. The van der Waals surface area contributed by atoms with Crippen molar-refractivity contribution in [3.8, 4) is 0 Å². The third-order valence-corrected chi connectivity index (χ3v) is 8.24. The number of rotatable bonds is 6. The standard InChI is InChI=1S/C29H40N6O7S/c1-6-14(2)21-29-32-20(13-43-29)26(40)30-15(3)24(38)34-22(16(4)36)27(41)31-19(12-18-10-8-7-9-11-18)25(39)35-23(17(5)37)28(42)33-21/h7-11,13-17,19,21-23,36-37H,6,12H2,1-5H3,(H,30,40)(H,31,41)(H,33,42)(H,34,38)(H,35,39). The van der Waals surface area contributed by atoms with Crippen LogP contribution in [0.15, 0.2) is 35.7 Å². The molecule has 13 nitrogen and oxygen atoms in total. The zero-order chi connectivity index (χ0) is 31.8. The number of amides is 5. The monoisotopic (exact) mass is 616 g/mol. The van der Waals surface area contributed by atoms with Crippen molar-refractivity contribution in [2.75, 3.05) is 0 Å². The molecule has 2 aromatic rings. The van der Waals surface area contributed by atoms with Gasteiger partial charge in [-0.25, -0.2) is 4.98 Å². The second-order valence-electron chi connectivity index (χ2n) is 10.8. The van der Waals surface area contributed by atoms with Crippen LogP contribution in [-0.2, 0) is 25.6 Å². The minimum Gasteiger partial charge on any atom is -0.391 e.